The third kappa shape index (κ3) is 3.18. The first-order chi connectivity index (χ1) is 9.47. The highest BCUT2D eigenvalue weighted by Gasteiger charge is 2.07. The van der Waals surface area contributed by atoms with Crippen molar-refractivity contribution in [2.75, 3.05) is 24.3 Å². The predicted octanol–water partition coefficient (Wildman–Crippen LogP) is 3.62. The molecular weight excluding hydrogens is 248 g/mol. The number of hydrogen-bond acceptors (Lipinski definition) is 2. The summed E-state index contributed by atoms with van der Waals surface area (Å²) in [6, 6.07) is 13.5. The molecule has 3 heteroatoms. The largest absolute Gasteiger partial charge is 0.378 e. The van der Waals surface area contributed by atoms with Crippen molar-refractivity contribution in [3.05, 3.63) is 59.2 Å². The number of nitrogens with zero attached hydrogens (tertiary/aromatic N) is 1. The lowest BCUT2D eigenvalue weighted by Crippen LogP contribution is -2.13. The van der Waals surface area contributed by atoms with Crippen LogP contribution in [0.1, 0.15) is 21.5 Å². The van der Waals surface area contributed by atoms with Crippen LogP contribution in [-0.4, -0.2) is 20.0 Å². The lowest BCUT2D eigenvalue weighted by molar-refractivity contribution is 0.102. The molecule has 2 rings (SSSR count). The molecule has 104 valence electrons. The van der Waals surface area contributed by atoms with Gasteiger partial charge in [-0.15, -0.1) is 0 Å². The topological polar surface area (TPSA) is 32.3 Å². The monoisotopic (exact) mass is 268 g/mol. The molecule has 2 aromatic rings. The molecule has 1 N–H and O–H groups in total. The maximum atomic E-state index is 12.2. The molecule has 0 spiro atoms. The Labute approximate surface area is 120 Å². The summed E-state index contributed by atoms with van der Waals surface area (Å²) in [6.07, 6.45) is 0. The van der Waals surface area contributed by atoms with Crippen molar-refractivity contribution in [1.82, 2.24) is 0 Å². The van der Waals surface area contributed by atoms with Gasteiger partial charge in [-0.3, -0.25) is 4.79 Å². The summed E-state index contributed by atoms with van der Waals surface area (Å²) in [5.41, 5.74) is 4.96. The van der Waals surface area contributed by atoms with Gasteiger partial charge in [0.05, 0.1) is 0 Å². The first-order valence-electron chi connectivity index (χ1n) is 6.63. The third-order valence-electron chi connectivity index (χ3n) is 3.41. The Balaban J connectivity index is 2.13. The van der Waals surface area contributed by atoms with Crippen LogP contribution in [0.3, 0.4) is 0 Å². The zero-order valence-electron chi connectivity index (χ0n) is 12.4. The quantitative estimate of drug-likeness (QED) is 0.922. The summed E-state index contributed by atoms with van der Waals surface area (Å²) in [4.78, 5) is 14.2. The molecule has 1 amide bonds. The molecule has 0 saturated carbocycles. The summed E-state index contributed by atoms with van der Waals surface area (Å²) in [5, 5.41) is 2.92. The molecule has 0 unspecified atom stereocenters. The Morgan fingerprint density at radius 3 is 2.15 bits per heavy atom. The van der Waals surface area contributed by atoms with Gasteiger partial charge in [0.1, 0.15) is 0 Å². The minimum absolute atomic E-state index is 0.0847. The molecule has 0 aromatic heterocycles. The summed E-state index contributed by atoms with van der Waals surface area (Å²) in [7, 11) is 3.95. The second-order valence-electron chi connectivity index (χ2n) is 5.19. The summed E-state index contributed by atoms with van der Waals surface area (Å²) in [5.74, 6) is -0.0847. The maximum absolute atomic E-state index is 12.2. The van der Waals surface area contributed by atoms with Crippen LogP contribution < -0.4 is 10.2 Å². The molecule has 0 aliphatic heterocycles. The van der Waals surface area contributed by atoms with Crippen LogP contribution >= 0.6 is 0 Å². The summed E-state index contributed by atoms with van der Waals surface area (Å²) < 4.78 is 0. The van der Waals surface area contributed by atoms with Crippen LogP contribution in [-0.2, 0) is 0 Å². The van der Waals surface area contributed by atoms with Gasteiger partial charge in [0.25, 0.3) is 5.91 Å². The number of carbonyl (C=O) groups is 1. The molecule has 0 aliphatic rings. The molecule has 0 aliphatic carbocycles. The Morgan fingerprint density at radius 2 is 1.60 bits per heavy atom. The van der Waals surface area contributed by atoms with E-state index in [1.54, 1.807) is 0 Å². The van der Waals surface area contributed by atoms with Crippen LogP contribution in [0.25, 0.3) is 0 Å². The van der Waals surface area contributed by atoms with Gasteiger partial charge >= 0.3 is 0 Å². The fraction of sp³-hybridized carbons (Fsp3) is 0.235. The number of benzene rings is 2. The van der Waals surface area contributed by atoms with E-state index >= 15 is 0 Å². The van der Waals surface area contributed by atoms with Crippen LogP contribution in [0.5, 0.6) is 0 Å². The zero-order valence-corrected chi connectivity index (χ0v) is 12.4. The number of hydrogen-bond donors (Lipinski definition) is 1. The number of amides is 1. The van der Waals surface area contributed by atoms with Gasteiger partial charge in [-0.2, -0.15) is 0 Å². The third-order valence-corrected chi connectivity index (χ3v) is 3.41. The average molecular weight is 268 g/mol. The van der Waals surface area contributed by atoms with Gasteiger partial charge in [0, 0.05) is 31.0 Å². The minimum atomic E-state index is -0.0847. The van der Waals surface area contributed by atoms with Gasteiger partial charge in [-0.05, 0) is 61.4 Å². The van der Waals surface area contributed by atoms with E-state index in [2.05, 4.69) is 12.2 Å². The van der Waals surface area contributed by atoms with Gasteiger partial charge in [-0.25, -0.2) is 0 Å². The Hall–Kier alpha value is -2.29. The number of carbonyl (C=O) groups excluding carboxylic acids is 1. The van der Waals surface area contributed by atoms with Crippen molar-refractivity contribution in [2.24, 2.45) is 0 Å². The van der Waals surface area contributed by atoms with E-state index in [1.807, 2.05) is 68.4 Å². The van der Waals surface area contributed by atoms with E-state index in [0.29, 0.717) is 5.56 Å². The molecule has 20 heavy (non-hydrogen) atoms. The summed E-state index contributed by atoms with van der Waals surface area (Å²) in [6.45, 7) is 4.10. The fourth-order valence-corrected chi connectivity index (χ4v) is 1.93. The molecule has 0 bridgehead atoms. The molecule has 0 radical (unpaired) electrons. The highest BCUT2D eigenvalue weighted by molar-refractivity contribution is 6.04. The van der Waals surface area contributed by atoms with Crippen molar-refractivity contribution < 1.29 is 4.79 Å². The molecule has 2 aromatic carbocycles. The Bertz CT molecular complexity index is 615. The number of aryl methyl sites for hydroxylation is 2. The highest BCUT2D eigenvalue weighted by Crippen LogP contribution is 2.17. The van der Waals surface area contributed by atoms with Gasteiger partial charge in [-0.1, -0.05) is 6.07 Å². The van der Waals surface area contributed by atoms with Crippen LogP contribution in [0.4, 0.5) is 11.4 Å². The first-order valence-corrected chi connectivity index (χ1v) is 6.63. The van der Waals surface area contributed by atoms with E-state index in [9.17, 15) is 4.79 Å². The average Bonchev–Trinajstić information content (AvgIpc) is 2.43. The molecule has 0 fully saturated rings. The van der Waals surface area contributed by atoms with Crippen LogP contribution in [0, 0.1) is 13.8 Å². The minimum Gasteiger partial charge on any atom is -0.378 e. The number of anilines is 2. The fourth-order valence-electron chi connectivity index (χ4n) is 1.93. The van der Waals surface area contributed by atoms with Crippen LogP contribution in [0.2, 0.25) is 0 Å². The first kappa shape index (κ1) is 14.1. The van der Waals surface area contributed by atoms with E-state index < -0.39 is 0 Å². The van der Waals surface area contributed by atoms with Crippen molar-refractivity contribution in [2.45, 2.75) is 13.8 Å². The lowest BCUT2D eigenvalue weighted by Gasteiger charge is -2.13. The maximum Gasteiger partial charge on any atom is 0.255 e. The van der Waals surface area contributed by atoms with Crippen molar-refractivity contribution in [1.29, 1.82) is 0 Å². The van der Waals surface area contributed by atoms with Gasteiger partial charge < -0.3 is 10.2 Å². The lowest BCUT2D eigenvalue weighted by atomic mass is 10.1. The summed E-state index contributed by atoms with van der Waals surface area (Å²) >= 11 is 0. The Morgan fingerprint density at radius 1 is 0.950 bits per heavy atom. The Kier molecular flexibility index (Phi) is 4.08. The predicted molar refractivity (Wildman–Crippen MR) is 84.6 cm³/mol. The standard InChI is InChI=1S/C17H20N2O/c1-12-5-8-15(11-13(12)2)18-17(20)14-6-9-16(10-7-14)19(3)4/h5-11H,1-4H3,(H,18,20). The van der Waals surface area contributed by atoms with E-state index in [4.69, 9.17) is 0 Å². The molecular formula is C17H20N2O. The SMILES string of the molecule is Cc1ccc(NC(=O)c2ccc(N(C)C)cc2)cc1C. The van der Waals surface area contributed by atoms with Crippen LogP contribution in [0.15, 0.2) is 42.5 Å². The van der Waals surface area contributed by atoms with E-state index in [0.717, 1.165) is 11.4 Å². The zero-order chi connectivity index (χ0) is 14.7. The molecule has 3 nitrogen and oxygen atoms in total. The van der Waals surface area contributed by atoms with Gasteiger partial charge in [0.15, 0.2) is 0 Å². The second kappa shape index (κ2) is 5.78. The molecule has 0 heterocycles. The number of nitrogens with one attached hydrogen (secondary N) is 1. The highest BCUT2D eigenvalue weighted by atomic mass is 16.1. The van der Waals surface area contributed by atoms with Crippen molar-refractivity contribution in [3.8, 4) is 0 Å². The molecule has 0 saturated heterocycles. The van der Waals surface area contributed by atoms with Gasteiger partial charge in [0.2, 0.25) is 0 Å². The second-order valence-corrected chi connectivity index (χ2v) is 5.19. The van der Waals surface area contributed by atoms with E-state index in [-0.39, 0.29) is 5.91 Å². The van der Waals surface area contributed by atoms with E-state index in [1.165, 1.54) is 11.1 Å². The number of rotatable bonds is 3. The van der Waals surface area contributed by atoms with Crippen molar-refractivity contribution >= 4 is 17.3 Å². The smallest absolute Gasteiger partial charge is 0.255 e. The normalized spacial score (nSPS) is 10.2. The van der Waals surface area contributed by atoms with Crippen molar-refractivity contribution in [3.63, 3.8) is 0 Å². The molecule has 0 atom stereocenters.